The normalized spacial score (nSPS) is 12.4. The Morgan fingerprint density at radius 2 is 1.85 bits per heavy atom. The second kappa shape index (κ2) is 7.00. The molecule has 2 rings (SSSR count). The van der Waals surface area contributed by atoms with Crippen molar-refractivity contribution in [2.75, 3.05) is 13.7 Å². The number of methoxy groups -OCH3 is 1. The molecule has 0 spiro atoms. The third kappa shape index (κ3) is 3.68. The Morgan fingerprint density at radius 1 is 1.15 bits per heavy atom. The number of hydrogen-bond donors (Lipinski definition) is 0. The van der Waals surface area contributed by atoms with Crippen LogP contribution in [0.25, 0.3) is 0 Å². The third-order valence-corrected chi connectivity index (χ3v) is 4.32. The fourth-order valence-corrected chi connectivity index (χ4v) is 2.77. The Labute approximate surface area is 127 Å². The number of ether oxygens (including phenoxy) is 1. The molecule has 2 aromatic carbocycles. The average molecular weight is 337 g/mol. The van der Waals surface area contributed by atoms with Crippen molar-refractivity contribution in [3.05, 3.63) is 70.5 Å². The van der Waals surface area contributed by atoms with E-state index in [1.807, 2.05) is 31.2 Å². The summed E-state index contributed by atoms with van der Waals surface area (Å²) in [6.45, 7) is 2.60. The highest BCUT2D eigenvalue weighted by molar-refractivity contribution is 9.09. The summed E-state index contributed by atoms with van der Waals surface area (Å²) in [5.74, 6) is -0.171. The van der Waals surface area contributed by atoms with E-state index in [9.17, 15) is 4.39 Å². The molecule has 1 atom stereocenters. The van der Waals surface area contributed by atoms with Crippen LogP contribution in [0.5, 0.6) is 0 Å². The second-order valence-corrected chi connectivity index (χ2v) is 5.79. The summed E-state index contributed by atoms with van der Waals surface area (Å²) in [6.07, 6.45) is 0.891. The lowest BCUT2D eigenvalue weighted by Gasteiger charge is -2.13. The summed E-state index contributed by atoms with van der Waals surface area (Å²) in [4.78, 5) is -0.125. The van der Waals surface area contributed by atoms with Crippen molar-refractivity contribution in [2.45, 2.75) is 18.2 Å². The van der Waals surface area contributed by atoms with E-state index in [-0.39, 0.29) is 10.6 Å². The van der Waals surface area contributed by atoms with Crippen molar-refractivity contribution in [1.82, 2.24) is 0 Å². The summed E-state index contributed by atoms with van der Waals surface area (Å²) < 4.78 is 19.0. The molecule has 0 aliphatic heterocycles. The number of benzene rings is 2. The molecular weight excluding hydrogens is 319 g/mol. The van der Waals surface area contributed by atoms with Crippen LogP contribution in [0.4, 0.5) is 4.39 Å². The van der Waals surface area contributed by atoms with Gasteiger partial charge in [0, 0.05) is 12.7 Å². The van der Waals surface area contributed by atoms with Crippen LogP contribution in [-0.4, -0.2) is 13.7 Å². The quantitative estimate of drug-likeness (QED) is 0.712. The molecule has 0 amide bonds. The van der Waals surface area contributed by atoms with Crippen LogP contribution >= 0.6 is 15.9 Å². The summed E-state index contributed by atoms with van der Waals surface area (Å²) in [5.41, 5.74) is 3.87. The van der Waals surface area contributed by atoms with Crippen molar-refractivity contribution in [2.24, 2.45) is 0 Å². The van der Waals surface area contributed by atoms with Gasteiger partial charge < -0.3 is 4.74 Å². The molecule has 0 aliphatic carbocycles. The highest BCUT2D eigenvalue weighted by Gasteiger charge is 2.14. The predicted molar refractivity (Wildman–Crippen MR) is 83.9 cm³/mol. The molecule has 0 saturated carbocycles. The van der Waals surface area contributed by atoms with Crippen LogP contribution in [0, 0.1) is 12.7 Å². The number of halogens is 2. The molecule has 0 aliphatic rings. The van der Waals surface area contributed by atoms with Crippen molar-refractivity contribution < 1.29 is 9.13 Å². The van der Waals surface area contributed by atoms with Gasteiger partial charge in [-0.25, -0.2) is 4.39 Å². The highest BCUT2D eigenvalue weighted by Crippen LogP contribution is 2.32. The SMILES string of the molecule is COCCc1ccc(C(Br)c2ccc(C)cc2F)cc1. The van der Waals surface area contributed by atoms with E-state index in [4.69, 9.17) is 4.74 Å². The van der Waals surface area contributed by atoms with Gasteiger partial charge in [0.1, 0.15) is 5.82 Å². The Balaban J connectivity index is 2.18. The first-order valence-electron chi connectivity index (χ1n) is 6.59. The zero-order valence-electron chi connectivity index (χ0n) is 11.7. The Morgan fingerprint density at radius 3 is 2.45 bits per heavy atom. The molecule has 0 bridgehead atoms. The van der Waals surface area contributed by atoms with E-state index in [1.54, 1.807) is 13.2 Å². The minimum atomic E-state index is -0.171. The van der Waals surface area contributed by atoms with E-state index in [1.165, 1.54) is 5.56 Å². The summed E-state index contributed by atoms with van der Waals surface area (Å²) in [5, 5.41) is 0. The van der Waals surface area contributed by atoms with Crippen molar-refractivity contribution in [1.29, 1.82) is 0 Å². The van der Waals surface area contributed by atoms with E-state index in [0.29, 0.717) is 12.2 Å². The smallest absolute Gasteiger partial charge is 0.128 e. The number of aryl methyl sites for hydroxylation is 1. The molecule has 3 heteroatoms. The summed E-state index contributed by atoms with van der Waals surface area (Å²) >= 11 is 3.58. The second-order valence-electron chi connectivity index (χ2n) is 4.87. The Hall–Kier alpha value is -1.19. The largest absolute Gasteiger partial charge is 0.384 e. The van der Waals surface area contributed by atoms with Crippen molar-refractivity contribution in [3.63, 3.8) is 0 Å². The molecule has 0 aromatic heterocycles. The lowest BCUT2D eigenvalue weighted by molar-refractivity contribution is 0.202. The minimum Gasteiger partial charge on any atom is -0.384 e. The summed E-state index contributed by atoms with van der Waals surface area (Å²) in [7, 11) is 1.70. The molecule has 0 N–H and O–H groups in total. The maximum absolute atomic E-state index is 14.0. The predicted octanol–water partition coefficient (Wildman–Crippen LogP) is 4.81. The topological polar surface area (TPSA) is 9.23 Å². The van der Waals surface area contributed by atoms with E-state index >= 15 is 0 Å². The molecule has 1 unspecified atom stereocenters. The first kappa shape index (κ1) is 15.2. The van der Waals surface area contributed by atoms with Crippen LogP contribution in [0.15, 0.2) is 42.5 Å². The van der Waals surface area contributed by atoms with Gasteiger partial charge in [0.15, 0.2) is 0 Å². The first-order chi connectivity index (χ1) is 9.61. The van der Waals surface area contributed by atoms with E-state index in [2.05, 4.69) is 28.1 Å². The Kier molecular flexibility index (Phi) is 5.32. The van der Waals surface area contributed by atoms with Crippen molar-refractivity contribution >= 4 is 15.9 Å². The molecular formula is C17H18BrFO. The fourth-order valence-electron chi connectivity index (χ4n) is 2.09. The lowest BCUT2D eigenvalue weighted by Crippen LogP contribution is -1.98. The van der Waals surface area contributed by atoms with Crippen LogP contribution in [0.2, 0.25) is 0 Å². The minimum absolute atomic E-state index is 0.125. The van der Waals surface area contributed by atoms with Gasteiger partial charge in [-0.15, -0.1) is 0 Å². The van der Waals surface area contributed by atoms with Crippen molar-refractivity contribution in [3.8, 4) is 0 Å². The zero-order chi connectivity index (χ0) is 14.5. The summed E-state index contributed by atoms with van der Waals surface area (Å²) in [6, 6.07) is 13.5. The van der Waals surface area contributed by atoms with Gasteiger partial charge in [-0.05, 0) is 36.1 Å². The molecule has 1 nitrogen and oxygen atoms in total. The third-order valence-electron chi connectivity index (χ3n) is 3.30. The van der Waals surface area contributed by atoms with Gasteiger partial charge in [-0.2, -0.15) is 0 Å². The Bertz CT molecular complexity index is 566. The standard InChI is InChI=1S/C17H18BrFO/c1-12-3-8-15(16(19)11-12)17(18)14-6-4-13(5-7-14)9-10-20-2/h3-8,11,17H,9-10H2,1-2H3. The number of alkyl halides is 1. The molecule has 0 fully saturated rings. The maximum atomic E-state index is 14.0. The molecule has 106 valence electrons. The van der Waals surface area contributed by atoms with Gasteiger partial charge in [-0.3, -0.25) is 0 Å². The number of rotatable bonds is 5. The zero-order valence-corrected chi connectivity index (χ0v) is 13.3. The molecule has 20 heavy (non-hydrogen) atoms. The van der Waals surface area contributed by atoms with Crippen LogP contribution in [-0.2, 0) is 11.2 Å². The molecule has 0 radical (unpaired) electrons. The highest BCUT2D eigenvalue weighted by atomic mass is 79.9. The van der Waals surface area contributed by atoms with Gasteiger partial charge in [0.25, 0.3) is 0 Å². The number of hydrogen-bond acceptors (Lipinski definition) is 1. The lowest BCUT2D eigenvalue weighted by atomic mass is 10.0. The van der Waals surface area contributed by atoms with E-state index < -0.39 is 0 Å². The molecule has 0 saturated heterocycles. The van der Waals surface area contributed by atoms with Crippen LogP contribution < -0.4 is 0 Å². The monoisotopic (exact) mass is 336 g/mol. The van der Waals surface area contributed by atoms with Gasteiger partial charge in [0.05, 0.1) is 11.4 Å². The van der Waals surface area contributed by atoms with Crippen LogP contribution in [0.1, 0.15) is 27.1 Å². The fraction of sp³-hybridized carbons (Fsp3) is 0.294. The van der Waals surface area contributed by atoms with Gasteiger partial charge >= 0.3 is 0 Å². The van der Waals surface area contributed by atoms with Gasteiger partial charge in [-0.1, -0.05) is 52.3 Å². The van der Waals surface area contributed by atoms with E-state index in [0.717, 1.165) is 17.5 Å². The molecule has 2 aromatic rings. The molecule has 0 heterocycles. The average Bonchev–Trinajstić information content (AvgIpc) is 2.45. The van der Waals surface area contributed by atoms with Gasteiger partial charge in [0.2, 0.25) is 0 Å². The van der Waals surface area contributed by atoms with Crippen LogP contribution in [0.3, 0.4) is 0 Å². The first-order valence-corrected chi connectivity index (χ1v) is 7.51. The maximum Gasteiger partial charge on any atom is 0.128 e.